The van der Waals surface area contributed by atoms with Crippen molar-refractivity contribution in [2.45, 2.75) is 44.6 Å². The molecule has 0 radical (unpaired) electrons. The van der Waals surface area contributed by atoms with Crippen LogP contribution < -0.4 is 15.8 Å². The number of halogens is 1. The third-order valence-electron chi connectivity index (χ3n) is 5.53. The van der Waals surface area contributed by atoms with Crippen LogP contribution >= 0.6 is 0 Å². The van der Waals surface area contributed by atoms with E-state index in [0.717, 1.165) is 35.4 Å². The number of hydrogen-bond acceptors (Lipinski definition) is 5. The van der Waals surface area contributed by atoms with Gasteiger partial charge in [0.15, 0.2) is 0 Å². The number of nitrogens with two attached hydrogens (primary N) is 1. The number of ether oxygens (including phenoxy) is 1. The molecule has 1 fully saturated rings. The molecular formula is C24H27FN4O2. The fraction of sp³-hybridized carbons (Fsp3) is 0.375. The lowest BCUT2D eigenvalue weighted by Gasteiger charge is -2.17. The number of benzene rings is 1. The Kier molecular flexibility index (Phi) is 5.76. The minimum absolute atomic E-state index is 0.153. The molecule has 1 saturated carbocycles. The summed E-state index contributed by atoms with van der Waals surface area (Å²) in [6, 6.07) is 8.61. The van der Waals surface area contributed by atoms with Gasteiger partial charge in [0, 0.05) is 47.6 Å². The molecule has 0 bridgehead atoms. The van der Waals surface area contributed by atoms with Gasteiger partial charge >= 0.3 is 0 Å². The van der Waals surface area contributed by atoms with Crippen LogP contribution in [-0.2, 0) is 16.6 Å². The van der Waals surface area contributed by atoms with Crippen LogP contribution in [0.5, 0.6) is 5.75 Å². The maximum atomic E-state index is 13.4. The van der Waals surface area contributed by atoms with Gasteiger partial charge in [-0.1, -0.05) is 13.8 Å². The minimum Gasteiger partial charge on any atom is -0.490 e. The van der Waals surface area contributed by atoms with Gasteiger partial charge in [-0.05, 0) is 43.2 Å². The lowest BCUT2D eigenvalue weighted by molar-refractivity contribution is -0.116. The number of fused-ring (bicyclic) bond motifs is 1. The number of carbonyl (C=O) groups excluding carboxylic acids is 1. The molecule has 0 atom stereocenters. The maximum Gasteiger partial charge on any atom is 0.254 e. The molecule has 1 amide bonds. The van der Waals surface area contributed by atoms with Crippen LogP contribution in [0.15, 0.2) is 47.1 Å². The second-order valence-electron chi connectivity index (χ2n) is 8.66. The highest BCUT2D eigenvalue weighted by molar-refractivity contribution is 6.12. The Hall–Kier alpha value is -3.22. The second kappa shape index (κ2) is 8.49. The third kappa shape index (κ3) is 4.76. The first-order valence-corrected chi connectivity index (χ1v) is 10.5. The van der Waals surface area contributed by atoms with Crippen molar-refractivity contribution in [2.75, 3.05) is 13.2 Å². The SMILES string of the molecule is CC1(C)COc2c1cc(CCNC(=O)/C(C=NC1CC1)=C/N)nc2-c1ccc(F)cc1. The van der Waals surface area contributed by atoms with Crippen molar-refractivity contribution in [3.63, 3.8) is 0 Å². The Morgan fingerprint density at radius 2 is 2.10 bits per heavy atom. The van der Waals surface area contributed by atoms with Gasteiger partial charge in [-0.2, -0.15) is 0 Å². The van der Waals surface area contributed by atoms with Crippen molar-refractivity contribution in [2.24, 2.45) is 10.7 Å². The molecule has 1 aromatic heterocycles. The van der Waals surface area contributed by atoms with E-state index in [1.807, 2.05) is 6.07 Å². The molecule has 0 saturated heterocycles. The highest BCUT2D eigenvalue weighted by Crippen LogP contribution is 2.44. The summed E-state index contributed by atoms with van der Waals surface area (Å²) in [7, 11) is 0. The molecule has 2 heterocycles. The van der Waals surface area contributed by atoms with Crippen LogP contribution in [0.2, 0.25) is 0 Å². The average molecular weight is 423 g/mol. The number of carbonyl (C=O) groups is 1. The van der Waals surface area contributed by atoms with E-state index in [1.165, 1.54) is 18.3 Å². The van der Waals surface area contributed by atoms with E-state index in [-0.39, 0.29) is 17.1 Å². The summed E-state index contributed by atoms with van der Waals surface area (Å²) in [4.78, 5) is 21.5. The lowest BCUT2D eigenvalue weighted by Crippen LogP contribution is -2.28. The molecule has 162 valence electrons. The largest absolute Gasteiger partial charge is 0.490 e. The van der Waals surface area contributed by atoms with E-state index < -0.39 is 0 Å². The van der Waals surface area contributed by atoms with Crippen LogP contribution in [0, 0.1) is 5.82 Å². The first-order chi connectivity index (χ1) is 14.9. The van der Waals surface area contributed by atoms with Crippen LogP contribution in [-0.4, -0.2) is 36.3 Å². The van der Waals surface area contributed by atoms with E-state index >= 15 is 0 Å². The molecule has 2 aromatic rings. The van der Waals surface area contributed by atoms with Gasteiger partial charge in [0.05, 0.1) is 18.2 Å². The Balaban J connectivity index is 1.51. The molecule has 4 rings (SSSR count). The minimum atomic E-state index is -0.297. The van der Waals surface area contributed by atoms with Crippen LogP contribution in [0.1, 0.15) is 37.9 Å². The topological polar surface area (TPSA) is 89.6 Å². The summed E-state index contributed by atoms with van der Waals surface area (Å²) in [6.45, 7) is 5.21. The van der Waals surface area contributed by atoms with Gasteiger partial charge in [0.25, 0.3) is 5.91 Å². The normalized spacial score (nSPS) is 17.5. The summed E-state index contributed by atoms with van der Waals surface area (Å²) in [6.07, 6.45) is 5.50. The first kappa shape index (κ1) is 21.0. The van der Waals surface area contributed by atoms with Crippen LogP contribution in [0.3, 0.4) is 0 Å². The highest BCUT2D eigenvalue weighted by atomic mass is 19.1. The molecule has 0 unspecified atom stereocenters. The van der Waals surface area contributed by atoms with E-state index in [0.29, 0.717) is 36.9 Å². The lowest BCUT2D eigenvalue weighted by atomic mass is 9.86. The second-order valence-corrected chi connectivity index (χ2v) is 8.66. The summed E-state index contributed by atoms with van der Waals surface area (Å²) in [5.74, 6) is 0.194. The number of nitrogens with one attached hydrogen (secondary N) is 1. The summed E-state index contributed by atoms with van der Waals surface area (Å²) in [5, 5.41) is 2.88. The van der Waals surface area contributed by atoms with Crippen molar-refractivity contribution >= 4 is 12.1 Å². The van der Waals surface area contributed by atoms with Gasteiger partial charge in [-0.3, -0.25) is 9.79 Å². The quantitative estimate of drug-likeness (QED) is 0.529. The van der Waals surface area contributed by atoms with E-state index in [9.17, 15) is 9.18 Å². The Morgan fingerprint density at radius 3 is 2.77 bits per heavy atom. The zero-order chi connectivity index (χ0) is 22.0. The third-order valence-corrected chi connectivity index (χ3v) is 5.53. The molecule has 3 N–H and O–H groups in total. The molecule has 1 aliphatic carbocycles. The molecule has 1 aromatic carbocycles. The highest BCUT2D eigenvalue weighted by Gasteiger charge is 2.35. The van der Waals surface area contributed by atoms with Crippen molar-refractivity contribution in [3.8, 4) is 17.0 Å². The monoisotopic (exact) mass is 422 g/mol. The van der Waals surface area contributed by atoms with Crippen molar-refractivity contribution < 1.29 is 13.9 Å². The smallest absolute Gasteiger partial charge is 0.254 e. The predicted molar refractivity (Wildman–Crippen MR) is 119 cm³/mol. The standard InChI is InChI=1S/C24H27FN4O2/c1-24(2)14-31-22-20(24)11-19(29-21(22)15-3-5-17(25)6-4-15)9-10-27-23(30)16(12-26)13-28-18-7-8-18/h3-6,11-13,18H,7-10,14,26H2,1-2H3,(H,27,30)/b16-12+,28-13?. The first-order valence-electron chi connectivity index (χ1n) is 10.5. The van der Waals surface area contributed by atoms with E-state index in [1.54, 1.807) is 18.3 Å². The molecule has 7 heteroatoms. The van der Waals surface area contributed by atoms with Crippen LogP contribution in [0.4, 0.5) is 4.39 Å². The number of amides is 1. The van der Waals surface area contributed by atoms with Crippen molar-refractivity contribution in [1.82, 2.24) is 10.3 Å². The number of aliphatic imine (C=N–C) groups is 1. The van der Waals surface area contributed by atoms with Gasteiger partial charge in [0.1, 0.15) is 17.3 Å². The zero-order valence-corrected chi connectivity index (χ0v) is 17.8. The van der Waals surface area contributed by atoms with Crippen molar-refractivity contribution in [1.29, 1.82) is 0 Å². The Bertz CT molecular complexity index is 1040. The van der Waals surface area contributed by atoms with Crippen LogP contribution in [0.25, 0.3) is 11.3 Å². The van der Waals surface area contributed by atoms with Crippen molar-refractivity contribution in [3.05, 3.63) is 59.2 Å². The fourth-order valence-electron chi connectivity index (χ4n) is 3.49. The molecule has 0 spiro atoms. The number of hydrogen-bond donors (Lipinski definition) is 2. The molecule has 31 heavy (non-hydrogen) atoms. The van der Waals surface area contributed by atoms with E-state index in [4.69, 9.17) is 15.5 Å². The van der Waals surface area contributed by atoms with Gasteiger partial charge in [0.2, 0.25) is 0 Å². The summed E-state index contributed by atoms with van der Waals surface area (Å²) in [5.41, 5.74) is 9.19. The Morgan fingerprint density at radius 1 is 1.35 bits per heavy atom. The summed E-state index contributed by atoms with van der Waals surface area (Å²) < 4.78 is 19.4. The van der Waals surface area contributed by atoms with Gasteiger partial charge in [-0.15, -0.1) is 0 Å². The van der Waals surface area contributed by atoms with Gasteiger partial charge in [-0.25, -0.2) is 9.37 Å². The molecule has 2 aliphatic rings. The number of aromatic nitrogens is 1. The van der Waals surface area contributed by atoms with E-state index in [2.05, 4.69) is 24.2 Å². The van der Waals surface area contributed by atoms with Gasteiger partial charge < -0.3 is 15.8 Å². The zero-order valence-electron chi connectivity index (χ0n) is 17.8. The number of nitrogens with zero attached hydrogens (tertiary/aromatic N) is 2. The predicted octanol–water partition coefficient (Wildman–Crippen LogP) is 3.29. The molecule has 1 aliphatic heterocycles. The molecule has 6 nitrogen and oxygen atoms in total. The fourth-order valence-corrected chi connectivity index (χ4v) is 3.49. The Labute approximate surface area is 181 Å². The molecular weight excluding hydrogens is 395 g/mol. The average Bonchev–Trinajstić information content (AvgIpc) is 3.52. The number of pyridine rings is 1. The summed E-state index contributed by atoms with van der Waals surface area (Å²) >= 11 is 0. The maximum absolute atomic E-state index is 13.4. The number of rotatable bonds is 7.